The van der Waals surface area contributed by atoms with Crippen LogP contribution in [-0.2, 0) is 0 Å². The Kier molecular flexibility index (Phi) is 6.34. The maximum atomic E-state index is 11.7. The van der Waals surface area contributed by atoms with Crippen molar-refractivity contribution in [2.75, 3.05) is 20.1 Å². The molecular weight excluding hydrogens is 214 g/mol. The van der Waals surface area contributed by atoms with Gasteiger partial charge in [-0.2, -0.15) is 0 Å². The summed E-state index contributed by atoms with van der Waals surface area (Å²) >= 11 is 0. The molecule has 0 spiro atoms. The van der Waals surface area contributed by atoms with Crippen LogP contribution in [0.15, 0.2) is 0 Å². The van der Waals surface area contributed by atoms with Gasteiger partial charge in [-0.15, -0.1) is 0 Å². The molecule has 2 amide bonds. The normalized spacial score (nSPS) is 24.4. The Morgan fingerprint density at radius 2 is 1.76 bits per heavy atom. The van der Waals surface area contributed by atoms with E-state index in [0.29, 0.717) is 12.1 Å². The van der Waals surface area contributed by atoms with E-state index in [1.54, 1.807) is 4.90 Å². The Bertz CT molecular complexity index is 225. The molecule has 0 aromatic carbocycles. The standard InChI is InChI=1S/C13H27N3O/c1-4-10-14-11-6-8-12(9-7-11)15-13(17)16(3)5-2/h11-12,14H,4-10H2,1-3H3,(H,15,17). The van der Waals surface area contributed by atoms with E-state index in [0.717, 1.165) is 25.9 Å². The first-order chi connectivity index (χ1) is 8.17. The van der Waals surface area contributed by atoms with Crippen molar-refractivity contribution < 1.29 is 4.79 Å². The molecule has 0 heterocycles. The minimum absolute atomic E-state index is 0.0671. The summed E-state index contributed by atoms with van der Waals surface area (Å²) < 4.78 is 0. The van der Waals surface area contributed by atoms with Gasteiger partial charge in [0.25, 0.3) is 0 Å². The average Bonchev–Trinajstić information content (AvgIpc) is 2.37. The second kappa shape index (κ2) is 7.54. The number of rotatable bonds is 5. The van der Waals surface area contributed by atoms with E-state index in [-0.39, 0.29) is 6.03 Å². The first kappa shape index (κ1) is 14.3. The largest absolute Gasteiger partial charge is 0.335 e. The van der Waals surface area contributed by atoms with Gasteiger partial charge in [-0.25, -0.2) is 4.79 Å². The van der Waals surface area contributed by atoms with Crippen LogP contribution < -0.4 is 10.6 Å². The molecule has 1 fully saturated rings. The Morgan fingerprint density at radius 1 is 1.18 bits per heavy atom. The van der Waals surface area contributed by atoms with Gasteiger partial charge in [0.05, 0.1) is 0 Å². The summed E-state index contributed by atoms with van der Waals surface area (Å²) in [6.45, 7) is 6.06. The molecule has 0 aliphatic heterocycles. The lowest BCUT2D eigenvalue weighted by atomic mass is 9.91. The number of amides is 2. The van der Waals surface area contributed by atoms with E-state index >= 15 is 0 Å². The molecule has 0 aromatic heterocycles. The molecule has 4 heteroatoms. The van der Waals surface area contributed by atoms with Gasteiger partial charge in [0.15, 0.2) is 0 Å². The summed E-state index contributed by atoms with van der Waals surface area (Å²) in [5, 5.41) is 6.66. The van der Waals surface area contributed by atoms with Crippen molar-refractivity contribution >= 4 is 6.03 Å². The Labute approximate surface area is 105 Å². The van der Waals surface area contributed by atoms with Gasteiger partial charge in [-0.3, -0.25) is 0 Å². The fraction of sp³-hybridized carbons (Fsp3) is 0.923. The van der Waals surface area contributed by atoms with Crippen LogP contribution in [0.4, 0.5) is 4.79 Å². The van der Waals surface area contributed by atoms with Crippen LogP contribution in [0.3, 0.4) is 0 Å². The summed E-state index contributed by atoms with van der Waals surface area (Å²) in [5.74, 6) is 0. The molecule has 100 valence electrons. The highest BCUT2D eigenvalue weighted by Gasteiger charge is 2.22. The highest BCUT2D eigenvalue weighted by Crippen LogP contribution is 2.18. The summed E-state index contributed by atoms with van der Waals surface area (Å²) in [7, 11) is 1.84. The van der Waals surface area contributed by atoms with Crippen molar-refractivity contribution in [3.05, 3.63) is 0 Å². The zero-order chi connectivity index (χ0) is 12.7. The molecule has 0 radical (unpaired) electrons. The smallest absolute Gasteiger partial charge is 0.317 e. The molecule has 0 aromatic rings. The first-order valence-electron chi connectivity index (χ1n) is 6.92. The van der Waals surface area contributed by atoms with Crippen molar-refractivity contribution in [3.63, 3.8) is 0 Å². The Balaban J connectivity index is 2.20. The van der Waals surface area contributed by atoms with Crippen LogP contribution in [0.1, 0.15) is 46.0 Å². The number of hydrogen-bond acceptors (Lipinski definition) is 2. The fourth-order valence-corrected chi connectivity index (χ4v) is 2.22. The van der Waals surface area contributed by atoms with Crippen LogP contribution in [0.25, 0.3) is 0 Å². The molecule has 1 saturated carbocycles. The summed E-state index contributed by atoms with van der Waals surface area (Å²) in [6, 6.07) is 1.10. The molecule has 1 rings (SSSR count). The first-order valence-corrected chi connectivity index (χ1v) is 6.92. The topological polar surface area (TPSA) is 44.4 Å². The summed E-state index contributed by atoms with van der Waals surface area (Å²) in [6.07, 6.45) is 5.76. The van der Waals surface area contributed by atoms with Crippen LogP contribution in [-0.4, -0.2) is 43.2 Å². The predicted octanol–water partition coefficient (Wildman–Crippen LogP) is 1.96. The van der Waals surface area contributed by atoms with Gasteiger partial charge >= 0.3 is 6.03 Å². The second-order valence-corrected chi connectivity index (χ2v) is 4.97. The van der Waals surface area contributed by atoms with Gasteiger partial charge in [-0.05, 0) is 45.6 Å². The number of carbonyl (C=O) groups is 1. The van der Waals surface area contributed by atoms with Crippen molar-refractivity contribution in [3.8, 4) is 0 Å². The zero-order valence-corrected chi connectivity index (χ0v) is 11.5. The number of hydrogen-bond donors (Lipinski definition) is 2. The molecule has 0 bridgehead atoms. The van der Waals surface area contributed by atoms with Gasteiger partial charge < -0.3 is 15.5 Å². The third kappa shape index (κ3) is 4.94. The molecule has 1 aliphatic rings. The van der Waals surface area contributed by atoms with Crippen LogP contribution >= 0.6 is 0 Å². The van der Waals surface area contributed by atoms with E-state index in [1.165, 1.54) is 19.3 Å². The maximum Gasteiger partial charge on any atom is 0.317 e. The summed E-state index contributed by atoms with van der Waals surface area (Å²) in [4.78, 5) is 13.4. The van der Waals surface area contributed by atoms with Crippen molar-refractivity contribution in [1.29, 1.82) is 0 Å². The maximum absolute atomic E-state index is 11.7. The van der Waals surface area contributed by atoms with Crippen LogP contribution in [0, 0.1) is 0 Å². The molecule has 17 heavy (non-hydrogen) atoms. The quantitative estimate of drug-likeness (QED) is 0.773. The SMILES string of the molecule is CCCNC1CCC(NC(=O)N(C)CC)CC1. The van der Waals surface area contributed by atoms with E-state index in [1.807, 2.05) is 14.0 Å². The Hall–Kier alpha value is -0.770. The lowest BCUT2D eigenvalue weighted by Gasteiger charge is -2.30. The number of nitrogens with one attached hydrogen (secondary N) is 2. The minimum atomic E-state index is 0.0671. The Morgan fingerprint density at radius 3 is 2.29 bits per heavy atom. The van der Waals surface area contributed by atoms with Crippen molar-refractivity contribution in [2.24, 2.45) is 0 Å². The molecule has 0 atom stereocenters. The van der Waals surface area contributed by atoms with E-state index in [9.17, 15) is 4.79 Å². The van der Waals surface area contributed by atoms with E-state index < -0.39 is 0 Å². The van der Waals surface area contributed by atoms with Gasteiger partial charge in [0.1, 0.15) is 0 Å². The molecular formula is C13H27N3O. The number of nitrogens with zero attached hydrogens (tertiary/aromatic N) is 1. The molecule has 1 aliphatic carbocycles. The van der Waals surface area contributed by atoms with E-state index in [2.05, 4.69) is 17.6 Å². The fourth-order valence-electron chi connectivity index (χ4n) is 2.22. The minimum Gasteiger partial charge on any atom is -0.335 e. The second-order valence-electron chi connectivity index (χ2n) is 4.97. The number of carbonyl (C=O) groups excluding carboxylic acids is 1. The van der Waals surface area contributed by atoms with Crippen molar-refractivity contribution in [2.45, 2.75) is 58.0 Å². The molecule has 4 nitrogen and oxygen atoms in total. The third-order valence-corrected chi connectivity index (χ3v) is 3.56. The van der Waals surface area contributed by atoms with Crippen LogP contribution in [0.2, 0.25) is 0 Å². The van der Waals surface area contributed by atoms with Gasteiger partial charge in [-0.1, -0.05) is 6.92 Å². The van der Waals surface area contributed by atoms with Gasteiger partial charge in [0, 0.05) is 25.7 Å². The monoisotopic (exact) mass is 241 g/mol. The number of urea groups is 1. The zero-order valence-electron chi connectivity index (χ0n) is 11.5. The average molecular weight is 241 g/mol. The highest BCUT2D eigenvalue weighted by molar-refractivity contribution is 5.74. The predicted molar refractivity (Wildman–Crippen MR) is 71.2 cm³/mol. The van der Waals surface area contributed by atoms with Crippen LogP contribution in [0.5, 0.6) is 0 Å². The van der Waals surface area contributed by atoms with E-state index in [4.69, 9.17) is 0 Å². The summed E-state index contributed by atoms with van der Waals surface area (Å²) in [5.41, 5.74) is 0. The molecule has 0 saturated heterocycles. The third-order valence-electron chi connectivity index (χ3n) is 3.56. The van der Waals surface area contributed by atoms with Gasteiger partial charge in [0.2, 0.25) is 0 Å². The lowest BCUT2D eigenvalue weighted by Crippen LogP contribution is -2.46. The molecule has 0 unspecified atom stereocenters. The molecule has 2 N–H and O–H groups in total. The highest BCUT2D eigenvalue weighted by atomic mass is 16.2. The van der Waals surface area contributed by atoms with Crippen molar-refractivity contribution in [1.82, 2.24) is 15.5 Å². The lowest BCUT2D eigenvalue weighted by molar-refractivity contribution is 0.200.